The van der Waals surface area contributed by atoms with E-state index in [1.54, 1.807) is 11.8 Å². The Hall–Kier alpha value is -2.52. The molecule has 0 spiro atoms. The third kappa shape index (κ3) is 5.54. The summed E-state index contributed by atoms with van der Waals surface area (Å²) < 4.78 is 38.2. The van der Waals surface area contributed by atoms with Crippen LogP contribution in [0, 0.1) is 19.3 Å². The number of hydrogen-bond donors (Lipinski definition) is 3. The van der Waals surface area contributed by atoms with Gasteiger partial charge in [-0.15, -0.1) is 23.1 Å². The first-order valence-corrected chi connectivity index (χ1v) is 10.9. The second-order valence-corrected chi connectivity index (χ2v) is 8.88. The van der Waals surface area contributed by atoms with Crippen LogP contribution < -0.4 is 11.1 Å². The van der Waals surface area contributed by atoms with E-state index in [1.165, 1.54) is 23.5 Å². The van der Waals surface area contributed by atoms with Gasteiger partial charge in [-0.3, -0.25) is 5.41 Å². The Kier molecular flexibility index (Phi) is 6.72. The van der Waals surface area contributed by atoms with Crippen LogP contribution in [0.5, 0.6) is 0 Å². The maximum absolute atomic E-state index is 12.7. The quantitative estimate of drug-likeness (QED) is 0.255. The predicted octanol–water partition coefficient (Wildman–Crippen LogP) is 5.72. The van der Waals surface area contributed by atoms with Crippen LogP contribution in [-0.4, -0.2) is 10.9 Å². The standard InChI is InChI=1S/C21H21F3N4S2/c1-12-9-17(8-5-15(12)10-27-20(25)26)29-11-18-13(2)28-19(30-18)14-3-6-16(7-4-14)21(22,23)24/h3-9H,10-11H2,1-2H3,(H4,25,26,27). The van der Waals surface area contributed by atoms with Gasteiger partial charge in [0.2, 0.25) is 0 Å². The maximum Gasteiger partial charge on any atom is 0.416 e. The summed E-state index contributed by atoms with van der Waals surface area (Å²) in [7, 11) is 0. The Bertz CT molecular complexity index is 1040. The summed E-state index contributed by atoms with van der Waals surface area (Å²) >= 11 is 3.19. The van der Waals surface area contributed by atoms with Gasteiger partial charge in [0.05, 0.1) is 11.3 Å². The fraction of sp³-hybridized carbons (Fsp3) is 0.238. The number of thioether (sulfide) groups is 1. The minimum absolute atomic E-state index is 0.0580. The van der Waals surface area contributed by atoms with E-state index in [1.807, 2.05) is 26.0 Å². The van der Waals surface area contributed by atoms with Gasteiger partial charge >= 0.3 is 6.18 Å². The van der Waals surface area contributed by atoms with E-state index in [0.717, 1.165) is 49.5 Å². The van der Waals surface area contributed by atoms with Gasteiger partial charge in [-0.1, -0.05) is 18.2 Å². The molecule has 0 amide bonds. The van der Waals surface area contributed by atoms with Crippen molar-refractivity contribution < 1.29 is 13.2 Å². The van der Waals surface area contributed by atoms with E-state index >= 15 is 0 Å². The summed E-state index contributed by atoms with van der Waals surface area (Å²) in [4.78, 5) is 6.75. The number of guanidine groups is 1. The molecule has 9 heteroatoms. The van der Waals surface area contributed by atoms with E-state index in [0.29, 0.717) is 12.1 Å². The van der Waals surface area contributed by atoms with E-state index < -0.39 is 11.7 Å². The van der Waals surface area contributed by atoms with Crippen LogP contribution in [0.3, 0.4) is 0 Å². The molecule has 0 bridgehead atoms. The number of hydrogen-bond acceptors (Lipinski definition) is 4. The Morgan fingerprint density at radius 3 is 2.47 bits per heavy atom. The Morgan fingerprint density at radius 2 is 1.87 bits per heavy atom. The number of thiazole rings is 1. The molecule has 0 unspecified atom stereocenters. The minimum atomic E-state index is -4.34. The summed E-state index contributed by atoms with van der Waals surface area (Å²) in [6.07, 6.45) is -4.34. The first kappa shape index (κ1) is 22.2. The smallest absolute Gasteiger partial charge is 0.370 e. The molecule has 2 aromatic carbocycles. The van der Waals surface area contributed by atoms with Crippen molar-refractivity contribution in [1.29, 1.82) is 5.41 Å². The number of halogens is 3. The molecule has 0 aliphatic carbocycles. The van der Waals surface area contributed by atoms with E-state index in [4.69, 9.17) is 11.1 Å². The number of aromatic nitrogens is 1. The van der Waals surface area contributed by atoms with Crippen molar-refractivity contribution in [2.75, 3.05) is 0 Å². The fourth-order valence-corrected chi connectivity index (χ4v) is 4.99. The van der Waals surface area contributed by atoms with Crippen molar-refractivity contribution in [2.24, 2.45) is 5.73 Å². The highest BCUT2D eigenvalue weighted by Gasteiger charge is 2.30. The van der Waals surface area contributed by atoms with Gasteiger partial charge in [-0.2, -0.15) is 13.2 Å². The number of benzene rings is 2. The average Bonchev–Trinajstić information content (AvgIpc) is 3.05. The van der Waals surface area contributed by atoms with Gasteiger partial charge in [-0.05, 0) is 49.2 Å². The molecule has 0 saturated heterocycles. The first-order chi connectivity index (χ1) is 14.1. The summed E-state index contributed by atoms with van der Waals surface area (Å²) in [5.41, 5.74) is 8.43. The first-order valence-electron chi connectivity index (χ1n) is 9.07. The zero-order valence-electron chi connectivity index (χ0n) is 16.4. The molecular formula is C21H21F3N4S2. The second kappa shape index (κ2) is 9.09. The molecule has 3 aromatic rings. The van der Waals surface area contributed by atoms with Crippen LogP contribution in [0.15, 0.2) is 47.4 Å². The lowest BCUT2D eigenvalue weighted by molar-refractivity contribution is -0.137. The highest BCUT2D eigenvalue weighted by molar-refractivity contribution is 7.98. The molecule has 4 N–H and O–H groups in total. The molecule has 0 fully saturated rings. The topological polar surface area (TPSA) is 74.8 Å². The molecular weight excluding hydrogens is 429 g/mol. The summed E-state index contributed by atoms with van der Waals surface area (Å²) in [6.45, 7) is 4.44. The summed E-state index contributed by atoms with van der Waals surface area (Å²) in [5, 5.41) is 10.8. The van der Waals surface area contributed by atoms with Crippen LogP contribution in [0.25, 0.3) is 10.6 Å². The Balaban J connectivity index is 1.68. The van der Waals surface area contributed by atoms with Crippen molar-refractivity contribution in [2.45, 2.75) is 37.2 Å². The zero-order valence-corrected chi connectivity index (χ0v) is 18.1. The van der Waals surface area contributed by atoms with Gasteiger partial charge in [0.25, 0.3) is 0 Å². The highest BCUT2D eigenvalue weighted by Crippen LogP contribution is 2.35. The van der Waals surface area contributed by atoms with Crippen molar-refractivity contribution in [3.8, 4) is 10.6 Å². The average molecular weight is 451 g/mol. The lowest BCUT2D eigenvalue weighted by Crippen LogP contribution is -2.29. The van der Waals surface area contributed by atoms with Crippen LogP contribution in [-0.2, 0) is 18.5 Å². The van der Waals surface area contributed by atoms with Crippen LogP contribution >= 0.6 is 23.1 Å². The Labute approximate surface area is 181 Å². The number of rotatable bonds is 6. The number of aryl methyl sites for hydroxylation is 2. The molecule has 158 valence electrons. The van der Waals surface area contributed by atoms with Gasteiger partial charge < -0.3 is 11.1 Å². The van der Waals surface area contributed by atoms with Crippen LogP contribution in [0.4, 0.5) is 13.2 Å². The SMILES string of the molecule is Cc1cc(SCc2sc(-c3ccc(C(F)(F)F)cc3)nc2C)ccc1CNC(=N)N. The van der Waals surface area contributed by atoms with E-state index in [2.05, 4.69) is 16.4 Å². The zero-order chi connectivity index (χ0) is 21.9. The molecule has 4 nitrogen and oxygen atoms in total. The molecule has 0 aliphatic rings. The molecule has 0 saturated carbocycles. The largest absolute Gasteiger partial charge is 0.416 e. The number of nitrogens with one attached hydrogen (secondary N) is 2. The maximum atomic E-state index is 12.7. The number of alkyl halides is 3. The second-order valence-electron chi connectivity index (χ2n) is 6.75. The molecule has 1 heterocycles. The molecule has 3 rings (SSSR count). The van der Waals surface area contributed by atoms with Gasteiger partial charge in [0.1, 0.15) is 5.01 Å². The van der Waals surface area contributed by atoms with E-state index in [-0.39, 0.29) is 5.96 Å². The molecule has 1 aromatic heterocycles. The summed E-state index contributed by atoms with van der Waals surface area (Å²) in [5.74, 6) is 0.673. The van der Waals surface area contributed by atoms with Gasteiger partial charge in [0, 0.05) is 27.6 Å². The fourth-order valence-electron chi connectivity index (χ4n) is 2.78. The third-order valence-electron chi connectivity index (χ3n) is 4.51. The highest BCUT2D eigenvalue weighted by atomic mass is 32.2. The molecule has 0 atom stereocenters. The minimum Gasteiger partial charge on any atom is -0.370 e. The van der Waals surface area contributed by atoms with Crippen LogP contribution in [0.2, 0.25) is 0 Å². The molecule has 0 aliphatic heterocycles. The van der Waals surface area contributed by atoms with Gasteiger partial charge in [0.15, 0.2) is 5.96 Å². The molecule has 30 heavy (non-hydrogen) atoms. The lowest BCUT2D eigenvalue weighted by Gasteiger charge is -2.09. The normalized spacial score (nSPS) is 11.5. The lowest BCUT2D eigenvalue weighted by atomic mass is 10.1. The van der Waals surface area contributed by atoms with Crippen LogP contribution in [0.1, 0.15) is 27.3 Å². The molecule has 0 radical (unpaired) electrons. The van der Waals surface area contributed by atoms with Crippen molar-refractivity contribution in [3.05, 3.63) is 69.7 Å². The van der Waals surface area contributed by atoms with Crippen molar-refractivity contribution in [1.82, 2.24) is 10.3 Å². The monoisotopic (exact) mass is 450 g/mol. The van der Waals surface area contributed by atoms with Crippen molar-refractivity contribution >= 4 is 29.1 Å². The summed E-state index contributed by atoms with van der Waals surface area (Å²) in [6, 6.07) is 11.2. The number of nitrogens with two attached hydrogens (primary N) is 1. The van der Waals surface area contributed by atoms with E-state index in [9.17, 15) is 13.2 Å². The Morgan fingerprint density at radius 1 is 1.17 bits per heavy atom. The van der Waals surface area contributed by atoms with Crippen molar-refractivity contribution in [3.63, 3.8) is 0 Å². The number of nitrogens with zero attached hydrogens (tertiary/aromatic N) is 1. The predicted molar refractivity (Wildman–Crippen MR) is 117 cm³/mol. The third-order valence-corrected chi connectivity index (χ3v) is 6.91. The van der Waals surface area contributed by atoms with Gasteiger partial charge in [-0.25, -0.2) is 4.98 Å².